The minimum atomic E-state index is -0.989. The molecule has 2 fully saturated rings. The molecule has 2 atom stereocenters. The Hall–Kier alpha value is -4.67. The lowest BCUT2D eigenvalue weighted by Crippen LogP contribution is -2.56. The molecule has 12 nitrogen and oxygen atoms in total. The number of carbonyl (C=O) groups is 2. The van der Waals surface area contributed by atoms with Crippen LogP contribution >= 0.6 is 11.6 Å². The van der Waals surface area contributed by atoms with Crippen molar-refractivity contribution in [2.24, 2.45) is 0 Å². The summed E-state index contributed by atoms with van der Waals surface area (Å²) in [7, 11) is 3.57. The molecule has 0 spiro atoms. The molecule has 6 rings (SSSR count). The van der Waals surface area contributed by atoms with Crippen molar-refractivity contribution >= 4 is 45.9 Å². The van der Waals surface area contributed by atoms with Crippen LogP contribution in [0.3, 0.4) is 0 Å². The number of carbonyl (C=O) groups excluding carboxylic acids is 2. The fourth-order valence-electron chi connectivity index (χ4n) is 7.27. The summed E-state index contributed by atoms with van der Waals surface area (Å²) in [6, 6.07) is 14.2. The molecule has 2 aromatic carbocycles. The van der Waals surface area contributed by atoms with Gasteiger partial charge in [0.05, 0.1) is 35.8 Å². The van der Waals surface area contributed by atoms with Gasteiger partial charge in [-0.15, -0.1) is 0 Å². The van der Waals surface area contributed by atoms with Gasteiger partial charge >= 0.3 is 12.1 Å². The Morgan fingerprint density at radius 3 is 2.58 bits per heavy atom. The topological polar surface area (TPSA) is 118 Å². The van der Waals surface area contributed by atoms with Crippen molar-refractivity contribution in [3.8, 4) is 12.1 Å². The Bertz CT molecular complexity index is 1910. The Kier molecular flexibility index (Phi) is 11.6. The molecule has 0 bridgehead atoms. The maximum Gasteiger partial charge on any atom is 0.410 e. The Morgan fingerprint density at radius 1 is 1.09 bits per heavy atom. The standard InChI is InChI=1S/C39H48ClFN8O4/c1-39(2,3)53-38(51)46(5)19-16-31(41)36(50)49-22-21-48(23-27(49)14-17-42)35-29-15-20-47(33-13-7-10-26-9-6-12-30(40)34(26)33)24-32(29)43-37(44-35)52-25-28-11-8-18-45(28)4/h6-7,9-10,12-13,16,27-28H,8,11,14-15,18-25H2,1-5H3/b31-16+/t27-,28-/m0/s1. The molecular weight excluding hydrogens is 699 g/mol. The van der Waals surface area contributed by atoms with Crippen molar-refractivity contribution in [1.29, 1.82) is 5.26 Å². The van der Waals surface area contributed by atoms with Gasteiger partial charge in [0.25, 0.3) is 5.91 Å². The predicted octanol–water partition coefficient (Wildman–Crippen LogP) is 5.97. The molecule has 4 heterocycles. The highest BCUT2D eigenvalue weighted by Gasteiger charge is 2.35. The van der Waals surface area contributed by atoms with Crippen LogP contribution in [0.5, 0.6) is 6.01 Å². The molecule has 282 valence electrons. The number of anilines is 2. The largest absolute Gasteiger partial charge is 0.462 e. The van der Waals surface area contributed by atoms with E-state index in [9.17, 15) is 14.9 Å². The Morgan fingerprint density at radius 2 is 1.87 bits per heavy atom. The molecule has 3 aliphatic rings. The van der Waals surface area contributed by atoms with E-state index in [0.717, 1.165) is 53.2 Å². The van der Waals surface area contributed by atoms with Gasteiger partial charge in [0.15, 0.2) is 5.83 Å². The summed E-state index contributed by atoms with van der Waals surface area (Å²) in [5, 5.41) is 12.5. The van der Waals surface area contributed by atoms with Gasteiger partial charge in [-0.25, -0.2) is 9.18 Å². The van der Waals surface area contributed by atoms with E-state index in [1.54, 1.807) is 20.8 Å². The smallest absolute Gasteiger partial charge is 0.410 e. The van der Waals surface area contributed by atoms with Gasteiger partial charge < -0.3 is 34.0 Å². The first kappa shape index (κ1) is 38.1. The third kappa shape index (κ3) is 8.77. The van der Waals surface area contributed by atoms with Crippen LogP contribution in [0.25, 0.3) is 10.8 Å². The maximum atomic E-state index is 15.3. The second-order valence-corrected chi connectivity index (χ2v) is 15.4. The zero-order valence-corrected chi connectivity index (χ0v) is 31.9. The lowest BCUT2D eigenvalue weighted by Gasteiger charge is -2.42. The first-order valence-electron chi connectivity index (χ1n) is 18.2. The van der Waals surface area contributed by atoms with Gasteiger partial charge in [0.2, 0.25) is 0 Å². The highest BCUT2D eigenvalue weighted by Crippen LogP contribution is 2.37. The normalized spacial score (nSPS) is 19.6. The van der Waals surface area contributed by atoms with Crippen LogP contribution in [0.15, 0.2) is 48.3 Å². The number of likely N-dealkylation sites (N-methyl/N-ethyl adjacent to an activating group) is 2. The molecule has 0 N–H and O–H groups in total. The summed E-state index contributed by atoms with van der Waals surface area (Å²) in [6.07, 6.45) is 3.26. The van der Waals surface area contributed by atoms with Gasteiger partial charge in [0.1, 0.15) is 18.0 Å². The third-order valence-electron chi connectivity index (χ3n) is 10.1. The lowest BCUT2D eigenvalue weighted by molar-refractivity contribution is -0.131. The molecule has 0 aliphatic carbocycles. The van der Waals surface area contributed by atoms with Gasteiger partial charge in [-0.05, 0) is 77.2 Å². The molecule has 53 heavy (non-hydrogen) atoms. The van der Waals surface area contributed by atoms with E-state index in [4.69, 9.17) is 31.0 Å². The molecule has 2 saturated heterocycles. The predicted molar refractivity (Wildman–Crippen MR) is 203 cm³/mol. The van der Waals surface area contributed by atoms with Crippen LogP contribution in [0.2, 0.25) is 5.02 Å². The van der Waals surface area contributed by atoms with Crippen molar-refractivity contribution in [2.45, 2.75) is 70.7 Å². The maximum absolute atomic E-state index is 15.3. The van der Waals surface area contributed by atoms with Gasteiger partial charge in [0, 0.05) is 62.5 Å². The zero-order valence-electron chi connectivity index (χ0n) is 31.1. The molecule has 1 aromatic heterocycles. The SMILES string of the molecule is CN(C/C=C(/F)C(=O)N1CCN(c2nc(OC[C@@H]3CCCN3C)nc3c2CCN(c2cccc4cccc(Cl)c24)C3)C[C@@H]1CC#N)C(=O)OC(C)(C)C. The number of hydrogen-bond donors (Lipinski definition) is 0. The van der Waals surface area contributed by atoms with Gasteiger partial charge in [-0.1, -0.05) is 35.9 Å². The van der Waals surface area contributed by atoms with Crippen LogP contribution in [0, 0.1) is 11.3 Å². The number of likely N-dealkylation sites (tertiary alicyclic amines) is 1. The Balaban J connectivity index is 1.24. The molecular formula is C39H48ClFN8O4. The van der Waals surface area contributed by atoms with E-state index < -0.39 is 29.5 Å². The van der Waals surface area contributed by atoms with Crippen molar-refractivity contribution in [3.63, 3.8) is 0 Å². The molecule has 14 heteroatoms. The monoisotopic (exact) mass is 746 g/mol. The molecule has 3 aromatic rings. The number of rotatable bonds is 9. The highest BCUT2D eigenvalue weighted by atomic mass is 35.5. The number of benzene rings is 2. The van der Waals surface area contributed by atoms with E-state index in [-0.39, 0.29) is 38.1 Å². The second-order valence-electron chi connectivity index (χ2n) is 15.0. The second kappa shape index (κ2) is 16.1. The van der Waals surface area contributed by atoms with E-state index in [2.05, 4.69) is 46.0 Å². The Labute approximate surface area is 315 Å². The van der Waals surface area contributed by atoms with Crippen LogP contribution in [-0.2, 0) is 22.5 Å². The van der Waals surface area contributed by atoms with Crippen LogP contribution in [0.4, 0.5) is 20.7 Å². The summed E-state index contributed by atoms with van der Waals surface area (Å²) in [5.74, 6) is -1.09. The number of hydrogen-bond acceptors (Lipinski definition) is 10. The fourth-order valence-corrected chi connectivity index (χ4v) is 7.55. The minimum absolute atomic E-state index is 0.00754. The number of fused-ring (bicyclic) bond motifs is 2. The number of nitriles is 1. The van der Waals surface area contributed by atoms with Gasteiger partial charge in [-0.3, -0.25) is 4.79 Å². The number of amides is 2. The van der Waals surface area contributed by atoms with E-state index in [0.29, 0.717) is 43.5 Å². The van der Waals surface area contributed by atoms with Crippen molar-refractivity contribution in [1.82, 2.24) is 24.7 Å². The van der Waals surface area contributed by atoms with Crippen molar-refractivity contribution < 1.29 is 23.5 Å². The molecule has 3 aliphatic heterocycles. The first-order valence-corrected chi connectivity index (χ1v) is 18.6. The summed E-state index contributed by atoms with van der Waals surface area (Å²) < 4.78 is 27.0. The number of nitrogens with zero attached hydrogens (tertiary/aromatic N) is 8. The van der Waals surface area contributed by atoms with Gasteiger partial charge in [-0.2, -0.15) is 15.2 Å². The summed E-state index contributed by atoms with van der Waals surface area (Å²) in [4.78, 5) is 44.9. The van der Waals surface area contributed by atoms with Crippen LogP contribution in [0.1, 0.15) is 51.3 Å². The van der Waals surface area contributed by atoms with E-state index in [1.807, 2.05) is 18.2 Å². The molecule has 0 unspecified atom stereocenters. The van der Waals surface area contributed by atoms with Crippen molar-refractivity contribution in [2.75, 3.05) is 69.8 Å². The fraction of sp³-hybridized carbons (Fsp3) is 0.513. The number of aromatic nitrogens is 2. The average Bonchev–Trinajstić information content (AvgIpc) is 3.55. The van der Waals surface area contributed by atoms with Crippen LogP contribution in [-0.4, -0.2) is 114 Å². The highest BCUT2D eigenvalue weighted by molar-refractivity contribution is 6.36. The summed E-state index contributed by atoms with van der Waals surface area (Å²) in [6.45, 7) is 8.61. The minimum Gasteiger partial charge on any atom is -0.462 e. The summed E-state index contributed by atoms with van der Waals surface area (Å²) >= 11 is 6.72. The number of piperazine rings is 1. The van der Waals surface area contributed by atoms with E-state index >= 15 is 4.39 Å². The van der Waals surface area contributed by atoms with Crippen molar-refractivity contribution in [3.05, 3.63) is 64.6 Å². The zero-order chi connectivity index (χ0) is 37.9. The third-order valence-corrected chi connectivity index (χ3v) is 10.4. The molecule has 0 radical (unpaired) electrons. The van der Waals surface area contributed by atoms with E-state index in [1.165, 1.54) is 16.8 Å². The number of ether oxygens (including phenoxy) is 2. The van der Waals surface area contributed by atoms with Crippen LogP contribution < -0.4 is 14.5 Å². The average molecular weight is 747 g/mol. The summed E-state index contributed by atoms with van der Waals surface area (Å²) in [5.41, 5.74) is 2.16. The quantitative estimate of drug-likeness (QED) is 0.243. The first-order chi connectivity index (χ1) is 25.3. The molecule has 2 amide bonds. The number of halogens is 2. The molecule has 0 saturated carbocycles. The lowest BCUT2D eigenvalue weighted by atomic mass is 10.0.